The number of nitrogens with zero attached hydrogens (tertiary/aromatic N) is 2. The van der Waals surface area contributed by atoms with E-state index >= 15 is 0 Å². The molecular formula is C4H7KN2O4P+. The van der Waals surface area contributed by atoms with Gasteiger partial charge in [0.2, 0.25) is 0 Å². The van der Waals surface area contributed by atoms with Crippen LogP contribution in [0.1, 0.15) is 0 Å². The Balaban J connectivity index is -0.000000124. The molecule has 0 fully saturated rings. The topological polar surface area (TPSA) is 118 Å². The van der Waals surface area contributed by atoms with Crippen molar-refractivity contribution in [3.05, 3.63) is 24.8 Å². The van der Waals surface area contributed by atoms with Gasteiger partial charge in [-0.3, -0.25) is 0 Å². The van der Waals surface area contributed by atoms with Crippen LogP contribution in [0.25, 0.3) is 0 Å². The molecule has 1 rings (SSSR count). The summed E-state index contributed by atoms with van der Waals surface area (Å²) < 4.78 is 8.59. The molecule has 62 valence electrons. The molecule has 0 saturated heterocycles. The molecule has 0 aliphatic rings. The fraction of sp³-hybridized carbons (Fsp3) is 0. The van der Waals surface area contributed by atoms with Crippen molar-refractivity contribution in [3.63, 3.8) is 0 Å². The molecule has 0 amide bonds. The van der Waals surface area contributed by atoms with Crippen LogP contribution in [0.5, 0.6) is 0 Å². The summed E-state index contributed by atoms with van der Waals surface area (Å²) in [7, 11) is -3.12. The van der Waals surface area contributed by atoms with Gasteiger partial charge in [0.1, 0.15) is 6.33 Å². The van der Waals surface area contributed by atoms with Crippen LogP contribution in [-0.2, 0) is 4.57 Å². The summed E-state index contributed by atoms with van der Waals surface area (Å²) in [4.78, 5) is 22.9. The molecule has 0 aromatic carbocycles. The first-order valence-electron chi connectivity index (χ1n) is 2.26. The molecule has 0 aliphatic carbocycles. The first-order valence-corrected chi connectivity index (χ1v) is 3.39. The molecule has 1 aromatic rings. The zero-order chi connectivity index (χ0) is 7.82. The molecule has 1 atom stereocenters. The fourth-order valence-electron chi connectivity index (χ4n) is 0.253. The fourth-order valence-corrected chi connectivity index (χ4v) is 0.253. The van der Waals surface area contributed by atoms with Crippen LogP contribution in [0.15, 0.2) is 24.8 Å². The number of rotatable bonds is 0. The standard InChI is InChI=1S/C4H4N2.K.HO3P.H2O/c1-2-5-4-6-3-1;;1-4(2)3;/h1-4H;;(H,1,2,3);1H2/q;+1;;. The van der Waals surface area contributed by atoms with E-state index in [-0.39, 0.29) is 56.9 Å². The Morgan fingerprint density at radius 1 is 1.33 bits per heavy atom. The second-order valence-corrected chi connectivity index (χ2v) is 1.62. The van der Waals surface area contributed by atoms with Crippen molar-refractivity contribution < 1.29 is 71.2 Å². The summed E-state index contributed by atoms with van der Waals surface area (Å²) in [6.07, 6.45) is 4.88. The van der Waals surface area contributed by atoms with Crippen LogP contribution in [0, 0.1) is 0 Å². The van der Waals surface area contributed by atoms with Gasteiger partial charge in [0, 0.05) is 12.4 Å². The van der Waals surface area contributed by atoms with E-state index < -0.39 is 8.25 Å². The maximum Gasteiger partial charge on any atom is 1.00 e. The average molecular weight is 217 g/mol. The van der Waals surface area contributed by atoms with Crippen molar-refractivity contribution >= 4 is 8.25 Å². The van der Waals surface area contributed by atoms with Crippen molar-refractivity contribution in [3.8, 4) is 0 Å². The second kappa shape index (κ2) is 14.2. The van der Waals surface area contributed by atoms with E-state index in [0.29, 0.717) is 0 Å². The van der Waals surface area contributed by atoms with Gasteiger partial charge in [-0.05, 0) is 10.6 Å². The minimum Gasteiger partial charge on any atom is -0.567 e. The molecule has 0 aliphatic heterocycles. The van der Waals surface area contributed by atoms with E-state index in [4.69, 9.17) is 14.4 Å². The van der Waals surface area contributed by atoms with Gasteiger partial charge in [-0.25, -0.2) is 9.97 Å². The maximum atomic E-state index is 8.59. The van der Waals surface area contributed by atoms with Gasteiger partial charge in [-0.2, -0.15) is 4.89 Å². The SMILES string of the molecule is O.O=[P+]([O-])O.[K+].c1cncnc1. The zero-order valence-corrected chi connectivity index (χ0v) is 10.4. The smallest absolute Gasteiger partial charge is 0.567 e. The minimum atomic E-state index is -3.12. The van der Waals surface area contributed by atoms with E-state index in [9.17, 15) is 0 Å². The molecule has 1 unspecified atom stereocenters. The van der Waals surface area contributed by atoms with Gasteiger partial charge in [-0.1, -0.05) is 0 Å². The molecule has 3 N–H and O–H groups in total. The van der Waals surface area contributed by atoms with Crippen molar-refractivity contribution in [2.45, 2.75) is 0 Å². The van der Waals surface area contributed by atoms with Crippen molar-refractivity contribution in [1.82, 2.24) is 9.97 Å². The van der Waals surface area contributed by atoms with Crippen LogP contribution in [0.4, 0.5) is 0 Å². The van der Waals surface area contributed by atoms with Crippen molar-refractivity contribution in [2.75, 3.05) is 0 Å². The number of hydrogen-bond acceptors (Lipinski definition) is 4. The van der Waals surface area contributed by atoms with Crippen LogP contribution < -0.4 is 56.3 Å². The van der Waals surface area contributed by atoms with Gasteiger partial charge in [0.25, 0.3) is 0 Å². The van der Waals surface area contributed by atoms with Gasteiger partial charge in [-0.15, -0.1) is 0 Å². The summed E-state index contributed by atoms with van der Waals surface area (Å²) >= 11 is 0. The van der Waals surface area contributed by atoms with E-state index in [1.165, 1.54) is 6.33 Å². The molecule has 0 bridgehead atoms. The molecular weight excluding hydrogens is 210 g/mol. The van der Waals surface area contributed by atoms with Gasteiger partial charge >= 0.3 is 59.6 Å². The molecule has 6 nitrogen and oxygen atoms in total. The number of hydrogen-bond donors (Lipinski definition) is 1. The van der Waals surface area contributed by atoms with E-state index in [2.05, 4.69) is 9.97 Å². The van der Waals surface area contributed by atoms with Crippen LogP contribution in [-0.4, -0.2) is 20.3 Å². The Kier molecular flexibility index (Phi) is 21.9. The average Bonchev–Trinajstić information content (AvgIpc) is 1.90. The monoisotopic (exact) mass is 217 g/mol. The molecule has 1 heterocycles. The third-order valence-electron chi connectivity index (χ3n) is 0.478. The van der Waals surface area contributed by atoms with Gasteiger partial charge < -0.3 is 10.4 Å². The first kappa shape index (κ1) is 18.5. The summed E-state index contributed by atoms with van der Waals surface area (Å²) in [5.41, 5.74) is 0. The summed E-state index contributed by atoms with van der Waals surface area (Å²) in [5.74, 6) is 0. The summed E-state index contributed by atoms with van der Waals surface area (Å²) in [6, 6.07) is 1.78. The van der Waals surface area contributed by atoms with Gasteiger partial charge in [0.05, 0.1) is 0 Å². The Labute approximate surface area is 113 Å². The van der Waals surface area contributed by atoms with E-state index in [1.54, 1.807) is 18.5 Å². The molecule has 0 radical (unpaired) electrons. The third-order valence-corrected chi connectivity index (χ3v) is 0.478. The maximum absolute atomic E-state index is 8.59. The summed E-state index contributed by atoms with van der Waals surface area (Å²) in [6.45, 7) is 0. The van der Waals surface area contributed by atoms with Gasteiger partial charge in [0.15, 0.2) is 0 Å². The normalized spacial score (nSPS) is 7.67. The molecule has 8 heteroatoms. The second-order valence-electron chi connectivity index (χ2n) is 1.14. The first-order chi connectivity index (χ1) is 4.73. The minimum absolute atomic E-state index is 0. The Morgan fingerprint density at radius 2 is 1.67 bits per heavy atom. The predicted octanol–water partition coefficient (Wildman–Crippen LogP) is -4.35. The van der Waals surface area contributed by atoms with E-state index in [1.807, 2.05) is 0 Å². The third kappa shape index (κ3) is 22.4. The Bertz CT molecular complexity index is 157. The summed E-state index contributed by atoms with van der Waals surface area (Å²) in [5, 5.41) is 0. The zero-order valence-electron chi connectivity index (χ0n) is 6.41. The molecule has 0 spiro atoms. The quantitative estimate of drug-likeness (QED) is 0.348. The largest absolute Gasteiger partial charge is 1.00 e. The van der Waals surface area contributed by atoms with Crippen molar-refractivity contribution in [2.24, 2.45) is 0 Å². The molecule has 12 heavy (non-hydrogen) atoms. The molecule has 0 saturated carbocycles. The van der Waals surface area contributed by atoms with E-state index in [0.717, 1.165) is 0 Å². The predicted molar refractivity (Wildman–Crippen MR) is 35.5 cm³/mol. The van der Waals surface area contributed by atoms with Crippen LogP contribution >= 0.6 is 8.25 Å². The van der Waals surface area contributed by atoms with Crippen LogP contribution in [0.2, 0.25) is 0 Å². The Hall–Kier alpha value is 0.696. The Morgan fingerprint density at radius 3 is 1.75 bits per heavy atom. The van der Waals surface area contributed by atoms with Crippen LogP contribution in [0.3, 0.4) is 0 Å². The number of aromatic nitrogens is 2. The van der Waals surface area contributed by atoms with Crippen molar-refractivity contribution in [1.29, 1.82) is 0 Å². The molecule has 1 aromatic heterocycles.